The van der Waals surface area contributed by atoms with E-state index < -0.39 is 0 Å². The molecule has 0 spiro atoms. The van der Waals surface area contributed by atoms with Gasteiger partial charge in [-0.3, -0.25) is 4.79 Å². The summed E-state index contributed by atoms with van der Waals surface area (Å²) in [5.41, 5.74) is 3.31. The molecule has 2 aromatic carbocycles. The van der Waals surface area contributed by atoms with E-state index in [4.69, 9.17) is 4.74 Å². The third-order valence-electron chi connectivity index (χ3n) is 3.64. The zero-order valence-electron chi connectivity index (χ0n) is 13.6. The highest BCUT2D eigenvalue weighted by atomic mass is 16.5. The average Bonchev–Trinajstić information content (AvgIpc) is 3.11. The minimum atomic E-state index is -0.254. The standard InChI is InChI=1S/C18H18N4O2/c1-13-3-5-14(6-4-13)11-19-18(23)17-12-22(21-20-17)15-7-9-16(24-2)10-8-15/h3-10,12H,11H2,1-2H3,(H,19,23). The largest absolute Gasteiger partial charge is 0.497 e. The lowest BCUT2D eigenvalue weighted by molar-refractivity contribution is 0.0946. The molecule has 6 heteroatoms. The number of carbonyl (C=O) groups is 1. The van der Waals surface area contributed by atoms with Crippen LogP contribution in [0.4, 0.5) is 0 Å². The fourth-order valence-corrected chi connectivity index (χ4v) is 2.21. The summed E-state index contributed by atoms with van der Waals surface area (Å²) >= 11 is 0. The molecule has 0 aliphatic carbocycles. The summed E-state index contributed by atoms with van der Waals surface area (Å²) < 4.78 is 6.68. The van der Waals surface area contributed by atoms with Gasteiger partial charge in [0.1, 0.15) is 5.75 Å². The molecule has 122 valence electrons. The van der Waals surface area contributed by atoms with Crippen LogP contribution >= 0.6 is 0 Å². The number of rotatable bonds is 5. The van der Waals surface area contributed by atoms with Crippen LogP contribution in [-0.4, -0.2) is 28.0 Å². The Hall–Kier alpha value is -3.15. The van der Waals surface area contributed by atoms with Crippen molar-refractivity contribution in [1.82, 2.24) is 20.3 Å². The Bertz CT molecular complexity index is 823. The minimum Gasteiger partial charge on any atom is -0.497 e. The fourth-order valence-electron chi connectivity index (χ4n) is 2.21. The van der Waals surface area contributed by atoms with Crippen LogP contribution < -0.4 is 10.1 Å². The van der Waals surface area contributed by atoms with Gasteiger partial charge in [0.15, 0.2) is 5.69 Å². The molecule has 1 amide bonds. The average molecular weight is 322 g/mol. The van der Waals surface area contributed by atoms with Crippen LogP contribution in [0.2, 0.25) is 0 Å². The minimum absolute atomic E-state index is 0.254. The molecule has 0 saturated carbocycles. The van der Waals surface area contributed by atoms with Gasteiger partial charge in [-0.15, -0.1) is 5.10 Å². The summed E-state index contributed by atoms with van der Waals surface area (Å²) in [5, 5.41) is 10.8. The maximum atomic E-state index is 12.2. The Labute approximate surface area is 140 Å². The Morgan fingerprint density at radius 2 is 1.83 bits per heavy atom. The molecule has 0 saturated heterocycles. The number of hydrogen-bond donors (Lipinski definition) is 1. The highest BCUT2D eigenvalue weighted by Gasteiger charge is 2.11. The van der Waals surface area contributed by atoms with E-state index in [9.17, 15) is 4.79 Å². The van der Waals surface area contributed by atoms with Gasteiger partial charge >= 0.3 is 0 Å². The van der Waals surface area contributed by atoms with Gasteiger partial charge in [-0.05, 0) is 36.8 Å². The molecule has 0 radical (unpaired) electrons. The van der Waals surface area contributed by atoms with Crippen molar-refractivity contribution in [2.75, 3.05) is 7.11 Å². The summed E-state index contributed by atoms with van der Waals surface area (Å²) in [6.07, 6.45) is 1.60. The summed E-state index contributed by atoms with van der Waals surface area (Å²) in [6, 6.07) is 15.4. The molecular weight excluding hydrogens is 304 g/mol. The van der Waals surface area contributed by atoms with Gasteiger partial charge in [0.25, 0.3) is 5.91 Å². The van der Waals surface area contributed by atoms with Crippen molar-refractivity contribution in [3.63, 3.8) is 0 Å². The van der Waals surface area contributed by atoms with E-state index in [1.54, 1.807) is 18.0 Å². The van der Waals surface area contributed by atoms with E-state index in [2.05, 4.69) is 15.6 Å². The van der Waals surface area contributed by atoms with Gasteiger partial charge in [0, 0.05) is 6.54 Å². The number of aromatic nitrogens is 3. The number of amides is 1. The highest BCUT2D eigenvalue weighted by Crippen LogP contribution is 2.14. The molecule has 0 fully saturated rings. The van der Waals surface area contributed by atoms with Crippen LogP contribution in [-0.2, 0) is 6.54 Å². The number of methoxy groups -OCH3 is 1. The molecule has 3 rings (SSSR count). The maximum absolute atomic E-state index is 12.2. The molecule has 1 heterocycles. The molecule has 3 aromatic rings. The molecule has 0 unspecified atom stereocenters. The SMILES string of the molecule is COc1ccc(-n2cc(C(=O)NCc3ccc(C)cc3)nn2)cc1. The molecule has 24 heavy (non-hydrogen) atoms. The summed E-state index contributed by atoms with van der Waals surface area (Å²) in [6.45, 7) is 2.48. The Balaban J connectivity index is 1.65. The second-order valence-corrected chi connectivity index (χ2v) is 5.41. The molecule has 1 aromatic heterocycles. The van der Waals surface area contributed by atoms with Crippen LogP contribution in [0.1, 0.15) is 21.6 Å². The Morgan fingerprint density at radius 3 is 2.50 bits per heavy atom. The fraction of sp³-hybridized carbons (Fsp3) is 0.167. The number of hydrogen-bond acceptors (Lipinski definition) is 4. The van der Waals surface area contributed by atoms with Crippen molar-refractivity contribution in [2.24, 2.45) is 0 Å². The third-order valence-corrected chi connectivity index (χ3v) is 3.64. The van der Waals surface area contributed by atoms with Crippen LogP contribution in [0, 0.1) is 6.92 Å². The molecule has 0 aliphatic rings. The third kappa shape index (κ3) is 3.60. The van der Waals surface area contributed by atoms with Crippen molar-refractivity contribution in [2.45, 2.75) is 13.5 Å². The number of nitrogens with zero attached hydrogens (tertiary/aromatic N) is 3. The van der Waals surface area contributed by atoms with E-state index in [0.29, 0.717) is 6.54 Å². The van der Waals surface area contributed by atoms with E-state index in [-0.39, 0.29) is 11.6 Å². The highest BCUT2D eigenvalue weighted by molar-refractivity contribution is 5.91. The van der Waals surface area contributed by atoms with Crippen LogP contribution in [0.15, 0.2) is 54.7 Å². The van der Waals surface area contributed by atoms with E-state index in [1.165, 1.54) is 5.56 Å². The smallest absolute Gasteiger partial charge is 0.273 e. The first-order valence-electron chi connectivity index (χ1n) is 7.56. The predicted molar refractivity (Wildman–Crippen MR) is 90.3 cm³/mol. The molecule has 1 N–H and O–H groups in total. The van der Waals surface area contributed by atoms with Crippen molar-refractivity contribution in [1.29, 1.82) is 0 Å². The van der Waals surface area contributed by atoms with Crippen molar-refractivity contribution in [3.8, 4) is 11.4 Å². The van der Waals surface area contributed by atoms with E-state index in [0.717, 1.165) is 17.0 Å². The summed E-state index contributed by atoms with van der Waals surface area (Å²) in [5.74, 6) is 0.505. The molecular formula is C18H18N4O2. The topological polar surface area (TPSA) is 69.0 Å². The van der Waals surface area contributed by atoms with E-state index in [1.807, 2.05) is 55.5 Å². The lowest BCUT2D eigenvalue weighted by atomic mass is 10.1. The number of ether oxygens (including phenoxy) is 1. The lowest BCUT2D eigenvalue weighted by Gasteiger charge is -2.03. The number of carbonyl (C=O) groups excluding carboxylic acids is 1. The molecule has 0 atom stereocenters. The maximum Gasteiger partial charge on any atom is 0.273 e. The van der Waals surface area contributed by atoms with Crippen molar-refractivity contribution >= 4 is 5.91 Å². The Morgan fingerprint density at radius 1 is 1.12 bits per heavy atom. The summed E-state index contributed by atoms with van der Waals surface area (Å²) in [7, 11) is 1.61. The van der Waals surface area contributed by atoms with Gasteiger partial charge in [0.05, 0.1) is 19.0 Å². The Kier molecular flexibility index (Phi) is 4.56. The van der Waals surface area contributed by atoms with Crippen LogP contribution in [0.5, 0.6) is 5.75 Å². The van der Waals surface area contributed by atoms with Gasteiger partial charge in [0.2, 0.25) is 0 Å². The second kappa shape index (κ2) is 6.95. The zero-order chi connectivity index (χ0) is 16.9. The molecule has 6 nitrogen and oxygen atoms in total. The normalized spacial score (nSPS) is 10.4. The first-order chi connectivity index (χ1) is 11.7. The van der Waals surface area contributed by atoms with Gasteiger partial charge in [-0.1, -0.05) is 35.0 Å². The van der Waals surface area contributed by atoms with Gasteiger partial charge < -0.3 is 10.1 Å². The zero-order valence-corrected chi connectivity index (χ0v) is 13.6. The van der Waals surface area contributed by atoms with Crippen LogP contribution in [0.25, 0.3) is 5.69 Å². The monoisotopic (exact) mass is 322 g/mol. The van der Waals surface area contributed by atoms with Crippen molar-refractivity contribution in [3.05, 3.63) is 71.5 Å². The lowest BCUT2D eigenvalue weighted by Crippen LogP contribution is -2.23. The van der Waals surface area contributed by atoms with Gasteiger partial charge in [-0.2, -0.15) is 0 Å². The van der Waals surface area contributed by atoms with Gasteiger partial charge in [-0.25, -0.2) is 4.68 Å². The molecule has 0 aliphatic heterocycles. The quantitative estimate of drug-likeness (QED) is 0.783. The van der Waals surface area contributed by atoms with Crippen molar-refractivity contribution < 1.29 is 9.53 Å². The predicted octanol–water partition coefficient (Wildman–Crippen LogP) is 2.51. The number of nitrogens with one attached hydrogen (secondary N) is 1. The second-order valence-electron chi connectivity index (χ2n) is 5.41. The van der Waals surface area contributed by atoms with E-state index >= 15 is 0 Å². The van der Waals surface area contributed by atoms with Crippen LogP contribution in [0.3, 0.4) is 0 Å². The summed E-state index contributed by atoms with van der Waals surface area (Å²) in [4.78, 5) is 12.2. The first kappa shape index (κ1) is 15.7. The number of benzene rings is 2. The first-order valence-corrected chi connectivity index (χ1v) is 7.56. The molecule has 0 bridgehead atoms. The number of aryl methyl sites for hydroxylation is 1.